The first-order chi connectivity index (χ1) is 11.0. The Balaban J connectivity index is 1.75. The van der Waals surface area contributed by atoms with Crippen LogP contribution in [0.25, 0.3) is 5.69 Å². The summed E-state index contributed by atoms with van der Waals surface area (Å²) in [6.45, 7) is 1.54. The number of nitrogen functional groups attached to an aromatic ring is 1. The van der Waals surface area contributed by atoms with E-state index < -0.39 is 11.7 Å². The van der Waals surface area contributed by atoms with Gasteiger partial charge in [0.15, 0.2) is 0 Å². The summed E-state index contributed by atoms with van der Waals surface area (Å²) in [5.74, 6) is -0.0392. The van der Waals surface area contributed by atoms with Crippen LogP contribution >= 0.6 is 0 Å². The lowest BCUT2D eigenvalue weighted by molar-refractivity contribution is -0.123. The van der Waals surface area contributed by atoms with E-state index in [4.69, 9.17) is 11.5 Å². The molecule has 0 spiro atoms. The molecule has 1 aromatic heterocycles. The highest BCUT2D eigenvalue weighted by atomic mass is 16.2. The number of benzene rings is 1. The molecule has 1 aliphatic heterocycles. The Kier molecular flexibility index (Phi) is 4.09. The Bertz CT molecular complexity index is 766. The van der Waals surface area contributed by atoms with Crippen molar-refractivity contribution in [3.05, 3.63) is 52.6 Å². The van der Waals surface area contributed by atoms with Gasteiger partial charge in [0.25, 0.3) is 0 Å². The van der Waals surface area contributed by atoms with Crippen LogP contribution in [0.2, 0.25) is 0 Å². The summed E-state index contributed by atoms with van der Waals surface area (Å²) in [6, 6.07) is 7.82. The van der Waals surface area contributed by atoms with E-state index in [1.54, 1.807) is 36.5 Å². The van der Waals surface area contributed by atoms with Gasteiger partial charge in [-0.1, -0.05) is 12.1 Å². The van der Waals surface area contributed by atoms with Crippen LogP contribution in [0.5, 0.6) is 0 Å². The average Bonchev–Trinajstić information content (AvgIpc) is 2.50. The van der Waals surface area contributed by atoms with Gasteiger partial charge in [0, 0.05) is 19.3 Å². The highest BCUT2D eigenvalue weighted by Gasteiger charge is 2.23. The van der Waals surface area contributed by atoms with Gasteiger partial charge in [-0.3, -0.25) is 9.36 Å². The van der Waals surface area contributed by atoms with Gasteiger partial charge in [0.1, 0.15) is 11.9 Å². The predicted molar refractivity (Wildman–Crippen MR) is 86.0 cm³/mol. The number of nitrogens with two attached hydrogens (primary N) is 2. The van der Waals surface area contributed by atoms with E-state index in [0.29, 0.717) is 11.3 Å². The molecule has 120 valence electrons. The molecule has 1 amide bonds. The third-order valence-electron chi connectivity index (χ3n) is 3.77. The zero-order valence-electron chi connectivity index (χ0n) is 12.4. The maximum Gasteiger partial charge on any atom is 0.354 e. The van der Waals surface area contributed by atoms with Gasteiger partial charge in [0.05, 0.1) is 11.7 Å². The SMILES string of the molecule is Nc1ccn(-c2ccc(C(N)C(=O)NC3CNC3)cc2)c(=O)n1. The lowest BCUT2D eigenvalue weighted by Gasteiger charge is -2.29. The molecule has 8 heteroatoms. The minimum atomic E-state index is -0.745. The minimum absolute atomic E-state index is 0.146. The van der Waals surface area contributed by atoms with Crippen LogP contribution in [0.15, 0.2) is 41.3 Å². The molecule has 1 aliphatic rings. The largest absolute Gasteiger partial charge is 0.383 e. The topological polar surface area (TPSA) is 128 Å². The van der Waals surface area contributed by atoms with Gasteiger partial charge in [0.2, 0.25) is 5.91 Å². The highest BCUT2D eigenvalue weighted by molar-refractivity contribution is 5.83. The summed E-state index contributed by atoms with van der Waals surface area (Å²) in [6.07, 6.45) is 1.55. The van der Waals surface area contributed by atoms with E-state index in [1.165, 1.54) is 4.57 Å². The maximum atomic E-state index is 12.1. The molecule has 2 heterocycles. The van der Waals surface area contributed by atoms with Crippen molar-refractivity contribution in [2.24, 2.45) is 5.73 Å². The summed E-state index contributed by atoms with van der Waals surface area (Å²) < 4.78 is 1.37. The zero-order chi connectivity index (χ0) is 16.4. The first-order valence-electron chi connectivity index (χ1n) is 7.27. The summed E-state index contributed by atoms with van der Waals surface area (Å²) in [5.41, 5.74) is 12.3. The van der Waals surface area contributed by atoms with Crippen molar-refractivity contribution in [1.82, 2.24) is 20.2 Å². The Morgan fingerprint density at radius 3 is 2.57 bits per heavy atom. The predicted octanol–water partition coefficient (Wildman–Crippen LogP) is -1.10. The number of nitrogens with one attached hydrogen (secondary N) is 2. The van der Waals surface area contributed by atoms with Crippen LogP contribution in [0.4, 0.5) is 5.82 Å². The molecule has 0 aliphatic carbocycles. The lowest BCUT2D eigenvalue weighted by Crippen LogP contribution is -2.58. The molecule has 1 saturated heterocycles. The Labute approximate surface area is 132 Å². The molecular weight excluding hydrogens is 296 g/mol. The van der Waals surface area contributed by atoms with E-state index in [-0.39, 0.29) is 17.8 Å². The molecular formula is C15H18N6O2. The van der Waals surface area contributed by atoms with Gasteiger partial charge in [-0.2, -0.15) is 4.98 Å². The van der Waals surface area contributed by atoms with E-state index >= 15 is 0 Å². The molecule has 6 N–H and O–H groups in total. The van der Waals surface area contributed by atoms with Gasteiger partial charge >= 0.3 is 5.69 Å². The molecule has 0 saturated carbocycles. The van der Waals surface area contributed by atoms with Crippen LogP contribution in [0.1, 0.15) is 11.6 Å². The molecule has 23 heavy (non-hydrogen) atoms. The van der Waals surface area contributed by atoms with E-state index in [1.807, 2.05) is 0 Å². The normalized spacial score (nSPS) is 15.7. The van der Waals surface area contributed by atoms with Gasteiger partial charge in [-0.15, -0.1) is 0 Å². The molecule has 8 nitrogen and oxygen atoms in total. The summed E-state index contributed by atoms with van der Waals surface area (Å²) in [5, 5.41) is 5.95. The van der Waals surface area contributed by atoms with Crippen molar-refractivity contribution in [2.75, 3.05) is 18.8 Å². The molecule has 0 radical (unpaired) electrons. The number of carbonyl (C=O) groups excluding carboxylic acids is 1. The third-order valence-corrected chi connectivity index (χ3v) is 3.77. The molecule has 2 aromatic rings. The number of carbonyl (C=O) groups is 1. The molecule has 0 bridgehead atoms. The number of hydrogen-bond donors (Lipinski definition) is 4. The molecule has 1 unspecified atom stereocenters. The van der Waals surface area contributed by atoms with Gasteiger partial charge < -0.3 is 22.1 Å². The monoisotopic (exact) mass is 314 g/mol. The number of hydrogen-bond acceptors (Lipinski definition) is 6. The van der Waals surface area contributed by atoms with E-state index in [0.717, 1.165) is 13.1 Å². The number of anilines is 1. The fourth-order valence-corrected chi connectivity index (χ4v) is 2.29. The second-order valence-electron chi connectivity index (χ2n) is 5.44. The van der Waals surface area contributed by atoms with Gasteiger partial charge in [-0.05, 0) is 23.8 Å². The van der Waals surface area contributed by atoms with Crippen molar-refractivity contribution in [3.8, 4) is 5.69 Å². The Hall–Kier alpha value is -2.71. The number of rotatable bonds is 4. The maximum absolute atomic E-state index is 12.1. The first kappa shape index (κ1) is 15.2. The Morgan fingerprint density at radius 1 is 1.30 bits per heavy atom. The van der Waals surface area contributed by atoms with Crippen molar-refractivity contribution >= 4 is 11.7 Å². The van der Waals surface area contributed by atoms with Crippen LogP contribution in [-0.2, 0) is 4.79 Å². The van der Waals surface area contributed by atoms with Gasteiger partial charge in [-0.25, -0.2) is 4.79 Å². The standard InChI is InChI=1S/C15H18N6O2/c16-12-5-6-21(15(23)20-12)11-3-1-9(2-4-11)13(17)14(22)19-10-7-18-8-10/h1-6,10,13,18H,7-8,17H2,(H,19,22)(H2,16,20,23). The second kappa shape index (κ2) is 6.19. The zero-order valence-corrected chi connectivity index (χ0v) is 12.4. The van der Waals surface area contributed by atoms with Crippen molar-refractivity contribution in [2.45, 2.75) is 12.1 Å². The fourth-order valence-electron chi connectivity index (χ4n) is 2.29. The fraction of sp³-hybridized carbons (Fsp3) is 0.267. The van der Waals surface area contributed by atoms with E-state index in [2.05, 4.69) is 15.6 Å². The number of nitrogens with zero attached hydrogens (tertiary/aromatic N) is 2. The van der Waals surface area contributed by atoms with E-state index in [9.17, 15) is 9.59 Å². The Morgan fingerprint density at radius 2 is 2.00 bits per heavy atom. The van der Waals surface area contributed by atoms with Crippen molar-refractivity contribution in [1.29, 1.82) is 0 Å². The smallest absolute Gasteiger partial charge is 0.354 e. The third kappa shape index (κ3) is 3.22. The van der Waals surface area contributed by atoms with Crippen molar-refractivity contribution in [3.63, 3.8) is 0 Å². The average molecular weight is 314 g/mol. The van der Waals surface area contributed by atoms with Crippen LogP contribution in [0, 0.1) is 0 Å². The number of amides is 1. The minimum Gasteiger partial charge on any atom is -0.383 e. The second-order valence-corrected chi connectivity index (χ2v) is 5.44. The molecule has 1 atom stereocenters. The number of aromatic nitrogens is 2. The lowest BCUT2D eigenvalue weighted by atomic mass is 10.1. The summed E-state index contributed by atoms with van der Waals surface area (Å²) >= 11 is 0. The molecule has 1 fully saturated rings. The summed E-state index contributed by atoms with van der Waals surface area (Å²) in [4.78, 5) is 27.5. The van der Waals surface area contributed by atoms with Crippen LogP contribution < -0.4 is 27.8 Å². The molecule has 3 rings (SSSR count). The van der Waals surface area contributed by atoms with Crippen molar-refractivity contribution < 1.29 is 4.79 Å². The molecule has 1 aromatic carbocycles. The van der Waals surface area contributed by atoms with Crippen LogP contribution in [0.3, 0.4) is 0 Å². The van der Waals surface area contributed by atoms with Crippen LogP contribution in [-0.4, -0.2) is 34.6 Å². The first-order valence-corrected chi connectivity index (χ1v) is 7.27. The summed E-state index contributed by atoms with van der Waals surface area (Å²) in [7, 11) is 0. The quantitative estimate of drug-likeness (QED) is 0.567. The highest BCUT2D eigenvalue weighted by Crippen LogP contribution is 2.14.